The average Bonchev–Trinajstić information content (AvgIpc) is 3.13. The van der Waals surface area contributed by atoms with Crippen LogP contribution in [0.1, 0.15) is 24.6 Å². The minimum absolute atomic E-state index is 0.180. The summed E-state index contributed by atoms with van der Waals surface area (Å²) in [5.41, 5.74) is -0.180. The van der Waals surface area contributed by atoms with Crippen molar-refractivity contribution >= 4 is 0 Å². The lowest BCUT2D eigenvalue weighted by atomic mass is 10.4. The van der Waals surface area contributed by atoms with Gasteiger partial charge in [-0.3, -0.25) is 9.78 Å². The lowest BCUT2D eigenvalue weighted by Gasteiger charge is -2.04. The third-order valence-electron chi connectivity index (χ3n) is 2.56. The standard InChI is InChI=1S/C12H11N3O2/c16-10-6-11(15-12(14-10)8-3-4-8)17-9-2-1-5-13-7-9/h1-2,5-8H,3-4H2,(H,14,15,16). The first kappa shape index (κ1) is 10.0. The summed E-state index contributed by atoms with van der Waals surface area (Å²) in [6, 6.07) is 4.88. The molecule has 1 N–H and O–H groups in total. The first-order chi connectivity index (χ1) is 8.31. The van der Waals surface area contributed by atoms with Crippen LogP contribution in [0.5, 0.6) is 11.6 Å². The van der Waals surface area contributed by atoms with Crippen LogP contribution in [0.4, 0.5) is 0 Å². The molecular weight excluding hydrogens is 218 g/mol. The number of pyridine rings is 1. The lowest BCUT2D eigenvalue weighted by molar-refractivity contribution is 0.455. The van der Waals surface area contributed by atoms with E-state index in [1.54, 1.807) is 24.5 Å². The zero-order chi connectivity index (χ0) is 11.7. The molecule has 2 heterocycles. The molecule has 2 aromatic heterocycles. The highest BCUT2D eigenvalue weighted by Gasteiger charge is 2.26. The van der Waals surface area contributed by atoms with E-state index < -0.39 is 0 Å². The number of aromatic nitrogens is 3. The highest BCUT2D eigenvalue weighted by molar-refractivity contribution is 5.23. The van der Waals surface area contributed by atoms with Gasteiger partial charge in [0.15, 0.2) is 0 Å². The molecule has 0 bridgehead atoms. The minimum Gasteiger partial charge on any atom is -0.437 e. The highest BCUT2D eigenvalue weighted by atomic mass is 16.5. The van der Waals surface area contributed by atoms with Gasteiger partial charge >= 0.3 is 0 Å². The van der Waals surface area contributed by atoms with E-state index in [0.29, 0.717) is 17.5 Å². The van der Waals surface area contributed by atoms with Gasteiger partial charge in [0, 0.05) is 12.1 Å². The van der Waals surface area contributed by atoms with E-state index in [1.165, 1.54) is 6.07 Å². The molecule has 2 aromatic rings. The molecule has 1 aliphatic carbocycles. The number of rotatable bonds is 3. The Hall–Kier alpha value is -2.17. The molecule has 3 rings (SSSR count). The number of nitrogens with one attached hydrogen (secondary N) is 1. The van der Waals surface area contributed by atoms with Gasteiger partial charge in [-0.1, -0.05) is 0 Å². The van der Waals surface area contributed by atoms with Gasteiger partial charge in [0.05, 0.1) is 12.3 Å². The number of ether oxygens (including phenoxy) is 1. The summed E-state index contributed by atoms with van der Waals surface area (Å²) >= 11 is 0. The van der Waals surface area contributed by atoms with Gasteiger partial charge in [-0.05, 0) is 25.0 Å². The molecule has 1 aliphatic rings. The normalized spacial score (nSPS) is 14.6. The summed E-state index contributed by atoms with van der Waals surface area (Å²) in [5, 5.41) is 0. The van der Waals surface area contributed by atoms with Crippen LogP contribution in [-0.2, 0) is 0 Å². The number of H-pyrrole nitrogens is 1. The Morgan fingerprint density at radius 3 is 3.00 bits per heavy atom. The van der Waals surface area contributed by atoms with Crippen molar-refractivity contribution in [1.29, 1.82) is 0 Å². The van der Waals surface area contributed by atoms with Crippen LogP contribution in [0.25, 0.3) is 0 Å². The first-order valence-electron chi connectivity index (χ1n) is 5.50. The van der Waals surface area contributed by atoms with Gasteiger partial charge < -0.3 is 9.72 Å². The molecule has 1 fully saturated rings. The predicted molar refractivity (Wildman–Crippen MR) is 61.1 cm³/mol. The predicted octanol–water partition coefficient (Wildman–Crippen LogP) is 1.83. The Bertz CT molecular complexity index is 576. The summed E-state index contributed by atoms with van der Waals surface area (Å²) in [4.78, 5) is 22.4. The molecule has 0 spiro atoms. The van der Waals surface area contributed by atoms with Crippen molar-refractivity contribution in [2.24, 2.45) is 0 Å². The van der Waals surface area contributed by atoms with Crippen molar-refractivity contribution in [3.8, 4) is 11.6 Å². The zero-order valence-electron chi connectivity index (χ0n) is 9.09. The van der Waals surface area contributed by atoms with Gasteiger partial charge in [-0.15, -0.1) is 0 Å². The van der Waals surface area contributed by atoms with Crippen molar-refractivity contribution < 1.29 is 4.74 Å². The van der Waals surface area contributed by atoms with E-state index in [0.717, 1.165) is 18.7 Å². The van der Waals surface area contributed by atoms with E-state index in [1.807, 2.05) is 0 Å². The van der Waals surface area contributed by atoms with Crippen LogP contribution in [0, 0.1) is 0 Å². The molecule has 0 aromatic carbocycles. The van der Waals surface area contributed by atoms with Crippen molar-refractivity contribution in [3.63, 3.8) is 0 Å². The molecule has 0 amide bonds. The minimum atomic E-state index is -0.180. The average molecular weight is 229 g/mol. The number of aromatic amines is 1. The third kappa shape index (κ3) is 2.33. The van der Waals surface area contributed by atoms with E-state index in [2.05, 4.69) is 15.0 Å². The van der Waals surface area contributed by atoms with Crippen molar-refractivity contribution in [1.82, 2.24) is 15.0 Å². The van der Waals surface area contributed by atoms with Gasteiger partial charge in [0.2, 0.25) is 5.88 Å². The quantitative estimate of drug-likeness (QED) is 0.871. The van der Waals surface area contributed by atoms with Gasteiger partial charge in [0.1, 0.15) is 11.6 Å². The number of nitrogens with zero attached hydrogens (tertiary/aromatic N) is 2. The molecule has 0 atom stereocenters. The second-order valence-electron chi connectivity index (χ2n) is 4.03. The van der Waals surface area contributed by atoms with Crippen molar-refractivity contribution in [3.05, 3.63) is 46.8 Å². The molecule has 0 saturated heterocycles. The molecular formula is C12H11N3O2. The maximum absolute atomic E-state index is 11.4. The molecule has 5 heteroatoms. The van der Waals surface area contributed by atoms with Crippen molar-refractivity contribution in [2.45, 2.75) is 18.8 Å². The van der Waals surface area contributed by atoms with E-state index in [9.17, 15) is 4.79 Å². The summed E-state index contributed by atoms with van der Waals surface area (Å²) in [6.07, 6.45) is 5.41. The second-order valence-corrected chi connectivity index (χ2v) is 4.03. The fraction of sp³-hybridized carbons (Fsp3) is 0.250. The van der Waals surface area contributed by atoms with Gasteiger partial charge in [-0.2, -0.15) is 4.98 Å². The summed E-state index contributed by atoms with van der Waals surface area (Å²) in [5.74, 6) is 2.01. The highest BCUT2D eigenvalue weighted by Crippen LogP contribution is 2.38. The van der Waals surface area contributed by atoms with E-state index in [-0.39, 0.29) is 5.56 Å². The molecule has 0 aliphatic heterocycles. The topological polar surface area (TPSA) is 67.9 Å². The SMILES string of the molecule is O=c1cc(Oc2cccnc2)nc(C2CC2)[nH]1. The monoisotopic (exact) mass is 229 g/mol. The number of hydrogen-bond donors (Lipinski definition) is 1. The third-order valence-corrected chi connectivity index (χ3v) is 2.56. The zero-order valence-corrected chi connectivity index (χ0v) is 9.09. The Morgan fingerprint density at radius 1 is 1.41 bits per heavy atom. The van der Waals surface area contributed by atoms with Crippen molar-refractivity contribution in [2.75, 3.05) is 0 Å². The fourth-order valence-corrected chi connectivity index (χ4v) is 1.58. The molecule has 5 nitrogen and oxygen atoms in total. The van der Waals surface area contributed by atoms with Gasteiger partial charge in [-0.25, -0.2) is 0 Å². The molecule has 0 unspecified atom stereocenters. The maximum atomic E-state index is 11.4. The second kappa shape index (κ2) is 4.01. The first-order valence-corrected chi connectivity index (χ1v) is 5.50. The Morgan fingerprint density at radius 2 is 2.29 bits per heavy atom. The summed E-state index contributed by atoms with van der Waals surface area (Å²) < 4.78 is 5.48. The number of hydrogen-bond acceptors (Lipinski definition) is 4. The van der Waals surface area contributed by atoms with Crippen LogP contribution >= 0.6 is 0 Å². The maximum Gasteiger partial charge on any atom is 0.254 e. The Balaban J connectivity index is 1.90. The largest absolute Gasteiger partial charge is 0.437 e. The fourth-order valence-electron chi connectivity index (χ4n) is 1.58. The summed E-state index contributed by atoms with van der Waals surface area (Å²) in [6.45, 7) is 0. The molecule has 86 valence electrons. The lowest BCUT2D eigenvalue weighted by Crippen LogP contribution is -2.10. The summed E-state index contributed by atoms with van der Waals surface area (Å²) in [7, 11) is 0. The molecule has 17 heavy (non-hydrogen) atoms. The van der Waals surface area contributed by atoms with Crippen LogP contribution < -0.4 is 10.3 Å². The van der Waals surface area contributed by atoms with Crippen LogP contribution in [-0.4, -0.2) is 15.0 Å². The van der Waals surface area contributed by atoms with Crippen LogP contribution in [0.3, 0.4) is 0 Å². The van der Waals surface area contributed by atoms with Crippen LogP contribution in [0.2, 0.25) is 0 Å². The smallest absolute Gasteiger partial charge is 0.254 e. The van der Waals surface area contributed by atoms with Crippen LogP contribution in [0.15, 0.2) is 35.4 Å². The molecule has 1 saturated carbocycles. The Labute approximate surface area is 97.5 Å². The van der Waals surface area contributed by atoms with E-state index >= 15 is 0 Å². The molecule has 0 radical (unpaired) electrons. The van der Waals surface area contributed by atoms with E-state index in [4.69, 9.17) is 4.74 Å². The Kier molecular flexibility index (Phi) is 2.36. The van der Waals surface area contributed by atoms with Gasteiger partial charge in [0.25, 0.3) is 5.56 Å².